The van der Waals surface area contributed by atoms with Gasteiger partial charge in [0, 0.05) is 11.1 Å². The molecule has 2 fully saturated rings. The van der Waals surface area contributed by atoms with Crippen LogP contribution in [0.4, 0.5) is 0 Å². The van der Waals surface area contributed by atoms with Crippen LogP contribution in [-0.4, -0.2) is 43.2 Å². The van der Waals surface area contributed by atoms with E-state index in [2.05, 4.69) is 37.5 Å². The summed E-state index contributed by atoms with van der Waals surface area (Å²) in [4.78, 5) is 18.6. The molecule has 1 aromatic carbocycles. The first-order valence-electron chi connectivity index (χ1n) is 10.4. The third-order valence-electron chi connectivity index (χ3n) is 6.26. The summed E-state index contributed by atoms with van der Waals surface area (Å²) < 4.78 is 1.99. The maximum absolute atomic E-state index is 13.1. The topological polar surface area (TPSA) is 79.7 Å². The van der Waals surface area contributed by atoms with Gasteiger partial charge in [-0.05, 0) is 79.2 Å². The van der Waals surface area contributed by atoms with E-state index in [1.54, 1.807) is 0 Å². The molecule has 5 rings (SSSR count). The molecule has 1 N–H and O–H groups in total. The number of benzene rings is 1. The predicted molar refractivity (Wildman–Crippen MR) is 107 cm³/mol. The van der Waals surface area contributed by atoms with Crippen LogP contribution in [0, 0.1) is 6.92 Å². The van der Waals surface area contributed by atoms with Crippen LogP contribution < -0.4 is 5.56 Å². The molecule has 3 aromatic rings. The molecule has 0 bridgehead atoms. The molecule has 3 heterocycles. The number of hydrogen-bond acceptors (Lipinski definition) is 5. The number of hydrogen-bond donors (Lipinski definition) is 1. The lowest BCUT2D eigenvalue weighted by Crippen LogP contribution is -2.33. The number of aryl methyl sites for hydroxylation is 1. The van der Waals surface area contributed by atoms with E-state index in [1.165, 1.54) is 12.8 Å². The van der Waals surface area contributed by atoms with Crippen molar-refractivity contribution in [1.29, 1.82) is 0 Å². The highest BCUT2D eigenvalue weighted by Crippen LogP contribution is 2.34. The maximum atomic E-state index is 13.1. The van der Waals surface area contributed by atoms with Gasteiger partial charge in [-0.15, -0.1) is 5.10 Å². The first kappa shape index (κ1) is 17.6. The Balaban J connectivity index is 1.65. The normalized spacial score (nSPS) is 19.6. The van der Waals surface area contributed by atoms with Crippen LogP contribution in [0.25, 0.3) is 10.9 Å². The summed E-state index contributed by atoms with van der Waals surface area (Å²) in [5.74, 6) is 0.811. The van der Waals surface area contributed by atoms with Gasteiger partial charge in [-0.2, -0.15) is 0 Å². The molecule has 2 aromatic heterocycles. The number of nitrogens with one attached hydrogen (secondary N) is 1. The van der Waals surface area contributed by atoms with Crippen molar-refractivity contribution in [1.82, 2.24) is 30.1 Å². The summed E-state index contributed by atoms with van der Waals surface area (Å²) >= 11 is 0. The van der Waals surface area contributed by atoms with Crippen molar-refractivity contribution in [3.05, 3.63) is 51.6 Å². The Morgan fingerprint density at radius 3 is 2.68 bits per heavy atom. The van der Waals surface area contributed by atoms with E-state index >= 15 is 0 Å². The van der Waals surface area contributed by atoms with E-state index in [4.69, 9.17) is 0 Å². The smallest absolute Gasteiger partial charge is 0.253 e. The van der Waals surface area contributed by atoms with Gasteiger partial charge in [0.1, 0.15) is 6.04 Å². The fraction of sp³-hybridized carbons (Fsp3) is 0.524. The van der Waals surface area contributed by atoms with Crippen molar-refractivity contribution >= 4 is 10.9 Å². The van der Waals surface area contributed by atoms with Gasteiger partial charge in [-0.3, -0.25) is 9.69 Å². The second-order valence-corrected chi connectivity index (χ2v) is 8.21. The Kier molecular flexibility index (Phi) is 4.47. The van der Waals surface area contributed by atoms with Crippen molar-refractivity contribution < 1.29 is 0 Å². The van der Waals surface area contributed by atoms with Crippen molar-refractivity contribution in [2.24, 2.45) is 0 Å². The Bertz CT molecular complexity index is 1040. The minimum Gasteiger partial charge on any atom is -0.322 e. The highest BCUT2D eigenvalue weighted by Gasteiger charge is 2.34. The van der Waals surface area contributed by atoms with E-state index in [9.17, 15) is 4.79 Å². The third kappa shape index (κ3) is 3.03. The third-order valence-corrected chi connectivity index (χ3v) is 6.26. The number of rotatable bonds is 4. The number of nitrogens with zero attached hydrogens (tertiary/aromatic N) is 5. The summed E-state index contributed by atoms with van der Waals surface area (Å²) in [6.45, 7) is 3.97. The number of aromatic nitrogens is 5. The minimum atomic E-state index is -0.201. The van der Waals surface area contributed by atoms with Crippen LogP contribution >= 0.6 is 0 Å². The van der Waals surface area contributed by atoms with Crippen molar-refractivity contribution in [2.75, 3.05) is 13.1 Å². The zero-order chi connectivity index (χ0) is 19.1. The molecule has 1 saturated carbocycles. The van der Waals surface area contributed by atoms with Gasteiger partial charge in [0.25, 0.3) is 5.56 Å². The molecule has 7 nitrogen and oxygen atoms in total. The Morgan fingerprint density at radius 2 is 1.89 bits per heavy atom. The fourth-order valence-electron chi connectivity index (χ4n) is 4.82. The van der Waals surface area contributed by atoms with Crippen molar-refractivity contribution in [2.45, 2.75) is 57.5 Å². The van der Waals surface area contributed by atoms with Gasteiger partial charge in [-0.1, -0.05) is 25.0 Å². The van der Waals surface area contributed by atoms with E-state index in [-0.39, 0.29) is 11.6 Å². The largest absolute Gasteiger partial charge is 0.322 e. The van der Waals surface area contributed by atoms with Crippen LogP contribution in [0.1, 0.15) is 67.6 Å². The number of pyridine rings is 1. The van der Waals surface area contributed by atoms with Crippen LogP contribution in [-0.2, 0) is 0 Å². The zero-order valence-corrected chi connectivity index (χ0v) is 16.3. The lowest BCUT2D eigenvalue weighted by Gasteiger charge is -2.27. The monoisotopic (exact) mass is 378 g/mol. The van der Waals surface area contributed by atoms with E-state index in [0.29, 0.717) is 6.04 Å². The maximum Gasteiger partial charge on any atom is 0.253 e. The van der Waals surface area contributed by atoms with E-state index < -0.39 is 0 Å². The molecule has 1 atom stereocenters. The Hall–Kier alpha value is -2.54. The number of likely N-dealkylation sites (tertiary alicyclic amines) is 1. The number of aromatic amines is 1. The zero-order valence-electron chi connectivity index (χ0n) is 16.3. The average Bonchev–Trinajstić information content (AvgIpc) is 3.45. The van der Waals surface area contributed by atoms with Crippen LogP contribution in [0.3, 0.4) is 0 Å². The van der Waals surface area contributed by atoms with Gasteiger partial charge >= 0.3 is 0 Å². The lowest BCUT2D eigenvalue weighted by molar-refractivity contribution is 0.256. The van der Waals surface area contributed by atoms with Crippen molar-refractivity contribution in [3.63, 3.8) is 0 Å². The van der Waals surface area contributed by atoms with Gasteiger partial charge in [0.05, 0.1) is 6.04 Å². The molecule has 0 amide bonds. The van der Waals surface area contributed by atoms with Gasteiger partial charge in [-0.25, -0.2) is 4.68 Å². The summed E-state index contributed by atoms with van der Waals surface area (Å²) in [5, 5.41) is 13.8. The lowest BCUT2D eigenvalue weighted by atomic mass is 10.0. The van der Waals surface area contributed by atoms with Crippen LogP contribution in [0.5, 0.6) is 0 Å². The second kappa shape index (κ2) is 7.13. The summed E-state index contributed by atoms with van der Waals surface area (Å²) in [7, 11) is 0. The number of tetrazole rings is 1. The first-order chi connectivity index (χ1) is 13.7. The highest BCUT2D eigenvalue weighted by molar-refractivity contribution is 5.79. The molecule has 1 saturated heterocycles. The van der Waals surface area contributed by atoms with Crippen LogP contribution in [0.2, 0.25) is 0 Å². The molecular weight excluding hydrogens is 352 g/mol. The molecule has 0 unspecified atom stereocenters. The van der Waals surface area contributed by atoms with Crippen LogP contribution in [0.15, 0.2) is 29.1 Å². The molecule has 7 heteroatoms. The van der Waals surface area contributed by atoms with Gasteiger partial charge in [0.2, 0.25) is 0 Å². The Morgan fingerprint density at radius 1 is 1.11 bits per heavy atom. The average molecular weight is 378 g/mol. The SMILES string of the molecule is Cc1ccc2cc([C@H](c3nnnn3C3CCCC3)N3CCCC3)c(=O)[nH]c2c1. The number of fused-ring (bicyclic) bond motifs is 1. The van der Waals surface area contributed by atoms with Gasteiger partial charge in [0.15, 0.2) is 5.82 Å². The second-order valence-electron chi connectivity index (χ2n) is 8.21. The molecule has 1 aliphatic heterocycles. The number of H-pyrrole nitrogens is 1. The van der Waals surface area contributed by atoms with E-state index in [1.807, 2.05) is 23.7 Å². The standard InChI is InChI=1S/C21H26N6O/c1-14-8-9-15-13-17(21(28)22-18(15)12-14)19(26-10-4-5-11-26)20-23-24-25-27(20)16-6-2-3-7-16/h8-9,12-13,16,19H,2-7,10-11H2,1H3,(H,22,28)/t19-/m1/s1. The molecular formula is C21H26N6O. The molecule has 2 aliphatic rings. The molecule has 0 radical (unpaired) electrons. The fourth-order valence-corrected chi connectivity index (χ4v) is 4.82. The quantitative estimate of drug-likeness (QED) is 0.754. The molecule has 28 heavy (non-hydrogen) atoms. The highest BCUT2D eigenvalue weighted by atomic mass is 16.1. The summed E-state index contributed by atoms with van der Waals surface area (Å²) in [6.07, 6.45) is 6.94. The molecule has 1 aliphatic carbocycles. The first-order valence-corrected chi connectivity index (χ1v) is 10.4. The summed E-state index contributed by atoms with van der Waals surface area (Å²) in [5.41, 5.74) is 2.71. The molecule has 146 valence electrons. The van der Waals surface area contributed by atoms with Crippen molar-refractivity contribution in [3.8, 4) is 0 Å². The van der Waals surface area contributed by atoms with Gasteiger partial charge < -0.3 is 4.98 Å². The Labute approximate surface area is 163 Å². The predicted octanol–water partition coefficient (Wildman–Crippen LogP) is 3.12. The minimum absolute atomic E-state index is 0.0454. The summed E-state index contributed by atoms with van der Waals surface area (Å²) in [6, 6.07) is 8.35. The molecule has 0 spiro atoms. The van der Waals surface area contributed by atoms with E-state index in [0.717, 1.165) is 66.6 Å².